The summed E-state index contributed by atoms with van der Waals surface area (Å²) in [5, 5.41) is 0.735. The van der Waals surface area contributed by atoms with Crippen molar-refractivity contribution in [2.45, 2.75) is 34.1 Å². The average molecular weight is 319 g/mol. The molecule has 0 aliphatic rings. The summed E-state index contributed by atoms with van der Waals surface area (Å²) in [6.45, 7) is 9.55. The fraction of sp³-hybridized carbons (Fsp3) is 0.368. The van der Waals surface area contributed by atoms with Crippen LogP contribution < -0.4 is 9.47 Å². The fourth-order valence-electron chi connectivity index (χ4n) is 2.58. The lowest BCUT2D eigenvalue weighted by Gasteiger charge is -2.14. The molecule has 0 saturated heterocycles. The molecule has 22 heavy (non-hydrogen) atoms. The highest BCUT2D eigenvalue weighted by Gasteiger charge is 2.05. The minimum atomic E-state index is 0.631. The first-order chi connectivity index (χ1) is 10.5. The van der Waals surface area contributed by atoms with Crippen molar-refractivity contribution in [1.82, 2.24) is 0 Å². The maximum atomic E-state index is 5.93. The minimum Gasteiger partial charge on any atom is -0.493 e. The summed E-state index contributed by atoms with van der Waals surface area (Å²) in [7, 11) is 0. The van der Waals surface area contributed by atoms with Gasteiger partial charge in [-0.3, -0.25) is 0 Å². The van der Waals surface area contributed by atoms with Crippen LogP contribution in [0.2, 0.25) is 5.02 Å². The van der Waals surface area contributed by atoms with Crippen molar-refractivity contribution in [3.8, 4) is 11.5 Å². The predicted molar refractivity (Wildman–Crippen MR) is 92.4 cm³/mol. The van der Waals surface area contributed by atoms with Gasteiger partial charge in [-0.25, -0.2) is 0 Å². The largest absolute Gasteiger partial charge is 0.493 e. The molecule has 0 unspecified atom stereocenters. The van der Waals surface area contributed by atoms with Gasteiger partial charge in [0.25, 0.3) is 0 Å². The second kappa shape index (κ2) is 7.55. The fourth-order valence-corrected chi connectivity index (χ4v) is 2.81. The first kappa shape index (κ1) is 16.7. The van der Waals surface area contributed by atoms with Gasteiger partial charge in [0.05, 0.1) is 13.2 Å². The predicted octanol–water partition coefficient (Wildman–Crippen LogP) is 5.42. The Balaban J connectivity index is 1.80. The van der Waals surface area contributed by atoms with Gasteiger partial charge in [-0.2, -0.15) is 0 Å². The van der Waals surface area contributed by atoms with Crippen LogP contribution in [0.1, 0.15) is 28.7 Å². The Morgan fingerprint density at radius 1 is 0.818 bits per heavy atom. The molecule has 118 valence electrons. The lowest BCUT2D eigenvalue weighted by Crippen LogP contribution is -2.07. The lowest BCUT2D eigenvalue weighted by atomic mass is 10.1. The summed E-state index contributed by atoms with van der Waals surface area (Å²) in [5.74, 6) is 1.88. The number of aryl methyl sites for hydroxylation is 4. The molecule has 0 bridgehead atoms. The Morgan fingerprint density at radius 2 is 1.45 bits per heavy atom. The van der Waals surface area contributed by atoms with Crippen molar-refractivity contribution in [2.24, 2.45) is 0 Å². The Morgan fingerprint density at radius 3 is 2.09 bits per heavy atom. The van der Waals surface area contributed by atoms with Crippen molar-refractivity contribution >= 4 is 11.6 Å². The monoisotopic (exact) mass is 318 g/mol. The normalized spacial score (nSPS) is 10.6. The maximum Gasteiger partial charge on any atom is 0.125 e. The van der Waals surface area contributed by atoms with E-state index in [9.17, 15) is 0 Å². The van der Waals surface area contributed by atoms with E-state index in [1.807, 2.05) is 25.1 Å². The molecule has 0 radical (unpaired) electrons. The second-order valence-electron chi connectivity index (χ2n) is 5.69. The molecule has 3 heteroatoms. The molecule has 0 N–H and O–H groups in total. The Labute approximate surface area is 138 Å². The molecule has 0 fully saturated rings. The molecule has 0 aliphatic heterocycles. The Bertz CT molecular complexity index is 627. The van der Waals surface area contributed by atoms with Crippen molar-refractivity contribution in [1.29, 1.82) is 0 Å². The highest BCUT2D eigenvalue weighted by atomic mass is 35.5. The molecule has 0 atom stereocenters. The zero-order chi connectivity index (χ0) is 16.1. The van der Waals surface area contributed by atoms with Crippen LogP contribution in [0.5, 0.6) is 11.5 Å². The first-order valence-electron chi connectivity index (χ1n) is 7.57. The number of benzene rings is 2. The Hall–Kier alpha value is -1.67. The van der Waals surface area contributed by atoms with Crippen LogP contribution in [-0.2, 0) is 0 Å². The van der Waals surface area contributed by atoms with Crippen LogP contribution >= 0.6 is 11.6 Å². The summed E-state index contributed by atoms with van der Waals surface area (Å²) in [5.41, 5.74) is 4.70. The molecule has 2 rings (SSSR count). The molecular formula is C19H23ClO2. The maximum absolute atomic E-state index is 5.93. The molecule has 0 aromatic heterocycles. The number of rotatable bonds is 6. The van der Waals surface area contributed by atoms with Gasteiger partial charge in [0.2, 0.25) is 0 Å². The van der Waals surface area contributed by atoms with E-state index < -0.39 is 0 Å². The third-order valence-electron chi connectivity index (χ3n) is 3.53. The van der Waals surface area contributed by atoms with Crippen LogP contribution in [0.15, 0.2) is 30.3 Å². The number of hydrogen-bond donors (Lipinski definition) is 0. The third kappa shape index (κ3) is 4.41. The van der Waals surface area contributed by atoms with Crippen LogP contribution in [0.3, 0.4) is 0 Å². The number of hydrogen-bond acceptors (Lipinski definition) is 2. The van der Waals surface area contributed by atoms with E-state index in [-0.39, 0.29) is 0 Å². The summed E-state index contributed by atoms with van der Waals surface area (Å²) in [4.78, 5) is 0. The van der Waals surface area contributed by atoms with E-state index in [0.717, 1.165) is 28.5 Å². The molecule has 0 heterocycles. The summed E-state index contributed by atoms with van der Waals surface area (Å²) < 4.78 is 11.7. The highest BCUT2D eigenvalue weighted by molar-refractivity contribution is 6.30. The zero-order valence-corrected chi connectivity index (χ0v) is 14.5. The van der Waals surface area contributed by atoms with Crippen molar-refractivity contribution in [3.05, 3.63) is 57.6 Å². The molecule has 0 saturated carbocycles. The van der Waals surface area contributed by atoms with Gasteiger partial charge in [-0.1, -0.05) is 29.3 Å². The Kier molecular flexibility index (Phi) is 5.73. The number of halogens is 1. The number of ether oxygens (including phenoxy) is 2. The molecule has 0 amide bonds. The molecule has 0 spiro atoms. The van der Waals surface area contributed by atoms with E-state index in [4.69, 9.17) is 21.1 Å². The van der Waals surface area contributed by atoms with Crippen LogP contribution in [-0.4, -0.2) is 13.2 Å². The second-order valence-corrected chi connectivity index (χ2v) is 6.12. The van der Waals surface area contributed by atoms with Gasteiger partial charge in [0.15, 0.2) is 0 Å². The highest BCUT2D eigenvalue weighted by Crippen LogP contribution is 2.25. The van der Waals surface area contributed by atoms with E-state index in [1.165, 1.54) is 16.7 Å². The van der Waals surface area contributed by atoms with Crippen LogP contribution in [0.25, 0.3) is 0 Å². The van der Waals surface area contributed by atoms with Crippen LogP contribution in [0, 0.1) is 27.7 Å². The van der Waals surface area contributed by atoms with Crippen molar-refractivity contribution in [3.63, 3.8) is 0 Å². The first-order valence-corrected chi connectivity index (χ1v) is 7.95. The lowest BCUT2D eigenvalue weighted by molar-refractivity contribution is 0.245. The van der Waals surface area contributed by atoms with Gasteiger partial charge in [0, 0.05) is 11.4 Å². The molecule has 0 aliphatic carbocycles. The minimum absolute atomic E-state index is 0.631. The van der Waals surface area contributed by atoms with E-state index in [0.29, 0.717) is 13.2 Å². The molecular weight excluding hydrogens is 296 g/mol. The zero-order valence-electron chi connectivity index (χ0n) is 13.7. The average Bonchev–Trinajstić information content (AvgIpc) is 2.42. The van der Waals surface area contributed by atoms with E-state index >= 15 is 0 Å². The van der Waals surface area contributed by atoms with Crippen molar-refractivity contribution < 1.29 is 9.47 Å². The van der Waals surface area contributed by atoms with Crippen LogP contribution in [0.4, 0.5) is 0 Å². The van der Waals surface area contributed by atoms with Gasteiger partial charge in [-0.05, 0) is 62.6 Å². The van der Waals surface area contributed by atoms with Gasteiger partial charge in [-0.15, -0.1) is 0 Å². The molecule has 2 aromatic rings. The molecule has 2 aromatic carbocycles. The van der Waals surface area contributed by atoms with Gasteiger partial charge < -0.3 is 9.47 Å². The molecule has 2 nitrogen and oxygen atoms in total. The smallest absolute Gasteiger partial charge is 0.125 e. The third-order valence-corrected chi connectivity index (χ3v) is 3.77. The topological polar surface area (TPSA) is 18.5 Å². The van der Waals surface area contributed by atoms with Crippen molar-refractivity contribution in [2.75, 3.05) is 13.2 Å². The summed E-state index contributed by atoms with van der Waals surface area (Å²) in [6, 6.07) is 9.96. The quantitative estimate of drug-likeness (QED) is 0.662. The standard InChI is InChI=1S/C19H23ClO2/c1-13-10-15(3)19(16(4)11-13)22-9-5-8-21-18-7-6-17(20)12-14(18)2/h6-7,10-12H,5,8-9H2,1-4H3. The summed E-state index contributed by atoms with van der Waals surface area (Å²) in [6.07, 6.45) is 0.842. The summed E-state index contributed by atoms with van der Waals surface area (Å²) >= 11 is 5.93. The van der Waals surface area contributed by atoms with E-state index in [2.05, 4.69) is 32.9 Å². The van der Waals surface area contributed by atoms with E-state index in [1.54, 1.807) is 0 Å². The SMILES string of the molecule is Cc1cc(C)c(OCCCOc2ccc(Cl)cc2C)c(C)c1. The van der Waals surface area contributed by atoms with Gasteiger partial charge >= 0.3 is 0 Å². The van der Waals surface area contributed by atoms with Gasteiger partial charge in [0.1, 0.15) is 11.5 Å².